The van der Waals surface area contributed by atoms with Gasteiger partial charge in [0.05, 0.1) is 23.6 Å². The summed E-state index contributed by atoms with van der Waals surface area (Å²) >= 11 is 1.40. The number of aromatic nitrogens is 1. The van der Waals surface area contributed by atoms with Gasteiger partial charge in [-0.25, -0.2) is 4.98 Å². The molecule has 9 heteroatoms. The lowest BCUT2D eigenvalue weighted by Gasteiger charge is -2.37. The Labute approximate surface area is 169 Å². The molecule has 1 amide bonds. The molecular weight excluding hydrogens is 395 g/mol. The number of nitrogens with two attached hydrogens (primary N) is 1. The second-order valence-electron chi connectivity index (χ2n) is 5.96. The van der Waals surface area contributed by atoms with Crippen LogP contribution in [-0.2, 0) is 11.3 Å². The van der Waals surface area contributed by atoms with Gasteiger partial charge >= 0.3 is 0 Å². The van der Waals surface area contributed by atoms with Crippen LogP contribution in [0.5, 0.6) is 0 Å². The van der Waals surface area contributed by atoms with E-state index in [0.717, 1.165) is 29.5 Å². The number of thiazole rings is 1. The first-order valence-electron chi connectivity index (χ1n) is 8.02. The molecule has 0 radical (unpaired) electrons. The van der Waals surface area contributed by atoms with E-state index in [2.05, 4.69) is 29.0 Å². The Hall–Kier alpha value is -1.38. The molecule has 0 bridgehead atoms. The number of anilines is 2. The Balaban J connectivity index is 0.00000169. The average molecular weight is 419 g/mol. The van der Waals surface area contributed by atoms with E-state index >= 15 is 0 Å². The molecule has 2 heterocycles. The van der Waals surface area contributed by atoms with Crippen molar-refractivity contribution >= 4 is 53.4 Å². The van der Waals surface area contributed by atoms with Crippen LogP contribution in [0.2, 0.25) is 0 Å². The molecule has 2 atom stereocenters. The Morgan fingerprint density at radius 3 is 2.58 bits per heavy atom. The van der Waals surface area contributed by atoms with Crippen molar-refractivity contribution in [2.45, 2.75) is 32.6 Å². The van der Waals surface area contributed by atoms with Crippen molar-refractivity contribution in [3.05, 3.63) is 40.3 Å². The van der Waals surface area contributed by atoms with Crippen molar-refractivity contribution in [1.82, 2.24) is 4.98 Å². The van der Waals surface area contributed by atoms with Gasteiger partial charge in [0.1, 0.15) is 10.7 Å². The lowest BCUT2D eigenvalue weighted by atomic mass is 10.1. The molecule has 144 valence electrons. The number of para-hydroxylation sites is 2. The summed E-state index contributed by atoms with van der Waals surface area (Å²) in [5, 5.41) is 5.46. The van der Waals surface area contributed by atoms with Crippen LogP contribution in [0.3, 0.4) is 0 Å². The summed E-state index contributed by atoms with van der Waals surface area (Å²) in [6, 6.07) is 7.82. The Bertz CT molecular complexity index is 718. The van der Waals surface area contributed by atoms with Crippen LogP contribution >= 0.6 is 36.2 Å². The van der Waals surface area contributed by atoms with Gasteiger partial charge in [0.2, 0.25) is 0 Å². The van der Waals surface area contributed by atoms with Crippen molar-refractivity contribution in [1.29, 1.82) is 0 Å². The number of nitrogens with one attached hydrogen (secondary N) is 1. The minimum Gasteiger partial charge on any atom is -0.372 e. The predicted molar refractivity (Wildman–Crippen MR) is 111 cm³/mol. The molecule has 1 aromatic carbocycles. The predicted octanol–water partition coefficient (Wildman–Crippen LogP) is 3.31. The summed E-state index contributed by atoms with van der Waals surface area (Å²) in [5.41, 5.74) is 7.75. The van der Waals surface area contributed by atoms with E-state index in [-0.39, 0.29) is 42.9 Å². The van der Waals surface area contributed by atoms with E-state index in [4.69, 9.17) is 10.5 Å². The van der Waals surface area contributed by atoms with Gasteiger partial charge in [-0.2, -0.15) is 0 Å². The largest absolute Gasteiger partial charge is 0.372 e. The van der Waals surface area contributed by atoms with E-state index in [9.17, 15) is 4.79 Å². The van der Waals surface area contributed by atoms with Gasteiger partial charge in [0, 0.05) is 25.0 Å². The fraction of sp³-hybridized carbons (Fsp3) is 0.412. The third-order valence-corrected chi connectivity index (χ3v) is 4.74. The number of halogens is 2. The summed E-state index contributed by atoms with van der Waals surface area (Å²) in [4.78, 5) is 18.9. The van der Waals surface area contributed by atoms with Gasteiger partial charge in [-0.3, -0.25) is 4.79 Å². The minimum absolute atomic E-state index is 0. The second kappa shape index (κ2) is 10.1. The van der Waals surface area contributed by atoms with Gasteiger partial charge in [0.15, 0.2) is 0 Å². The second-order valence-corrected chi connectivity index (χ2v) is 6.91. The summed E-state index contributed by atoms with van der Waals surface area (Å²) in [7, 11) is 0. The van der Waals surface area contributed by atoms with E-state index in [1.54, 1.807) is 5.38 Å². The first kappa shape index (κ1) is 22.7. The van der Waals surface area contributed by atoms with Crippen LogP contribution in [0.15, 0.2) is 29.6 Å². The summed E-state index contributed by atoms with van der Waals surface area (Å²) in [6.07, 6.45) is 0.311. The number of rotatable bonds is 4. The number of ether oxygens (including phenoxy) is 1. The molecule has 2 aromatic rings. The van der Waals surface area contributed by atoms with Gasteiger partial charge in [0.25, 0.3) is 5.91 Å². The number of hydrogen-bond acceptors (Lipinski definition) is 6. The number of morpholine rings is 1. The average Bonchev–Trinajstić information content (AvgIpc) is 3.03. The van der Waals surface area contributed by atoms with Crippen LogP contribution in [0.4, 0.5) is 11.4 Å². The number of amides is 1. The number of carbonyl (C=O) groups excluding carboxylic acids is 1. The molecule has 1 aliphatic heterocycles. The maximum atomic E-state index is 12.5. The lowest BCUT2D eigenvalue weighted by molar-refractivity contribution is -0.00517. The van der Waals surface area contributed by atoms with Crippen LogP contribution in [0.1, 0.15) is 29.3 Å². The van der Waals surface area contributed by atoms with Crippen LogP contribution in [-0.4, -0.2) is 36.2 Å². The first-order valence-corrected chi connectivity index (χ1v) is 8.90. The monoisotopic (exact) mass is 418 g/mol. The zero-order valence-electron chi connectivity index (χ0n) is 14.7. The number of nitrogens with zero attached hydrogens (tertiary/aromatic N) is 2. The highest BCUT2D eigenvalue weighted by Crippen LogP contribution is 2.29. The van der Waals surface area contributed by atoms with Crippen LogP contribution in [0, 0.1) is 0 Å². The molecule has 3 N–H and O–H groups in total. The van der Waals surface area contributed by atoms with E-state index in [1.807, 2.05) is 24.3 Å². The minimum atomic E-state index is -0.215. The third-order valence-electron chi connectivity index (χ3n) is 3.87. The van der Waals surface area contributed by atoms with Crippen molar-refractivity contribution in [3.8, 4) is 0 Å². The SMILES string of the molecule is CC1CN(c2ccccc2NC(=O)c2csc(CN)n2)CC(C)O1.Cl.Cl. The topological polar surface area (TPSA) is 80.5 Å². The van der Waals surface area contributed by atoms with Crippen LogP contribution < -0.4 is 16.0 Å². The molecule has 2 unspecified atom stereocenters. The molecule has 0 saturated carbocycles. The number of hydrogen-bond donors (Lipinski definition) is 2. The molecule has 26 heavy (non-hydrogen) atoms. The fourth-order valence-electron chi connectivity index (χ4n) is 2.92. The summed E-state index contributed by atoms with van der Waals surface area (Å²) in [5.74, 6) is -0.215. The molecule has 1 aromatic heterocycles. The highest BCUT2D eigenvalue weighted by Gasteiger charge is 2.24. The van der Waals surface area contributed by atoms with Crippen LogP contribution in [0.25, 0.3) is 0 Å². The molecule has 0 spiro atoms. The number of benzene rings is 1. The molecule has 3 rings (SSSR count). The van der Waals surface area contributed by atoms with Gasteiger partial charge in [-0.05, 0) is 26.0 Å². The maximum absolute atomic E-state index is 12.5. The summed E-state index contributed by atoms with van der Waals surface area (Å²) in [6.45, 7) is 6.07. The molecule has 0 aliphatic carbocycles. The van der Waals surface area contributed by atoms with E-state index in [1.165, 1.54) is 11.3 Å². The number of carbonyl (C=O) groups is 1. The standard InChI is InChI=1S/C17H22N4O2S.2ClH/c1-11-8-21(9-12(2)23-11)15-6-4-3-5-13(15)20-17(22)14-10-24-16(7-18)19-14;;/h3-6,10-12H,7-9,18H2,1-2H3,(H,20,22);2*1H. The Morgan fingerprint density at radius 1 is 1.31 bits per heavy atom. The molecule has 1 fully saturated rings. The van der Waals surface area contributed by atoms with E-state index < -0.39 is 0 Å². The highest BCUT2D eigenvalue weighted by atomic mass is 35.5. The Kier molecular flexibility index (Phi) is 8.79. The fourth-order valence-corrected chi connectivity index (χ4v) is 3.58. The summed E-state index contributed by atoms with van der Waals surface area (Å²) < 4.78 is 5.79. The smallest absolute Gasteiger partial charge is 0.275 e. The molecular formula is C17H24Cl2N4O2S. The van der Waals surface area contributed by atoms with Crippen molar-refractivity contribution in [2.75, 3.05) is 23.3 Å². The van der Waals surface area contributed by atoms with Crippen molar-refractivity contribution in [3.63, 3.8) is 0 Å². The molecule has 1 aliphatic rings. The lowest BCUT2D eigenvalue weighted by Crippen LogP contribution is -2.45. The quantitative estimate of drug-likeness (QED) is 0.795. The Morgan fingerprint density at radius 2 is 1.96 bits per heavy atom. The first-order chi connectivity index (χ1) is 11.6. The zero-order chi connectivity index (χ0) is 17.1. The molecule has 6 nitrogen and oxygen atoms in total. The van der Waals surface area contributed by atoms with Crippen molar-refractivity contribution < 1.29 is 9.53 Å². The highest BCUT2D eigenvalue weighted by molar-refractivity contribution is 7.09. The van der Waals surface area contributed by atoms with Crippen molar-refractivity contribution in [2.24, 2.45) is 5.73 Å². The van der Waals surface area contributed by atoms with Gasteiger partial charge in [-0.15, -0.1) is 36.2 Å². The van der Waals surface area contributed by atoms with Gasteiger partial charge in [-0.1, -0.05) is 12.1 Å². The zero-order valence-corrected chi connectivity index (χ0v) is 17.1. The van der Waals surface area contributed by atoms with E-state index in [0.29, 0.717) is 12.2 Å². The third kappa shape index (κ3) is 5.31. The molecule has 1 saturated heterocycles. The van der Waals surface area contributed by atoms with Gasteiger partial charge < -0.3 is 20.7 Å². The normalized spacial score (nSPS) is 19.3. The maximum Gasteiger partial charge on any atom is 0.275 e.